The molecule has 3 nitrogen and oxygen atoms in total. The van der Waals surface area contributed by atoms with E-state index >= 15 is 0 Å². The quantitative estimate of drug-likeness (QED) is 0.478. The van der Waals surface area contributed by atoms with Crippen molar-refractivity contribution in [3.05, 3.63) is 0 Å². The van der Waals surface area contributed by atoms with E-state index in [2.05, 4.69) is 37.0 Å². The van der Waals surface area contributed by atoms with Crippen molar-refractivity contribution >= 4 is 0 Å². The molecule has 0 saturated heterocycles. The van der Waals surface area contributed by atoms with Crippen molar-refractivity contribution in [2.45, 2.75) is 25.9 Å². The summed E-state index contributed by atoms with van der Waals surface area (Å²) in [5.41, 5.74) is 0. The molecule has 0 aliphatic heterocycles. The van der Waals surface area contributed by atoms with E-state index in [1.54, 1.807) is 7.11 Å². The molecule has 0 amide bonds. The first-order chi connectivity index (χ1) is 6.63. The van der Waals surface area contributed by atoms with Gasteiger partial charge < -0.3 is 10.1 Å². The Labute approximate surface area is 87.8 Å². The molecule has 0 aromatic heterocycles. The molecule has 0 heterocycles. The monoisotopic (exact) mass is 198 g/mol. The molecule has 1 N–H and O–H groups in total. The maximum absolute atomic E-state index is 5.15. The van der Waals surface area contributed by atoms with E-state index in [9.17, 15) is 0 Å². The van der Waals surface area contributed by atoms with Crippen LogP contribution in [0.5, 0.6) is 0 Å². The Bertz CT molecular complexity index is 177. The third kappa shape index (κ3) is 5.23. The number of hydrogen-bond donors (Lipinski definition) is 1. The van der Waals surface area contributed by atoms with Gasteiger partial charge in [-0.05, 0) is 20.9 Å². The van der Waals surface area contributed by atoms with Crippen LogP contribution in [0.4, 0.5) is 0 Å². The highest BCUT2D eigenvalue weighted by Gasteiger charge is 2.14. The van der Waals surface area contributed by atoms with Crippen molar-refractivity contribution in [2.75, 3.05) is 33.9 Å². The van der Waals surface area contributed by atoms with Crippen molar-refractivity contribution in [1.82, 2.24) is 10.2 Å². The SMILES string of the molecule is C#CCNCC(C)N(C)C(C)COC. The molecule has 0 saturated carbocycles. The number of hydrogen-bond acceptors (Lipinski definition) is 3. The summed E-state index contributed by atoms with van der Waals surface area (Å²) in [6, 6.07) is 0.899. The normalized spacial score (nSPS) is 15.1. The molecular formula is C11H22N2O. The standard InChI is InChI=1S/C11H22N2O/c1-6-7-12-8-10(2)13(4)11(3)9-14-5/h1,10-12H,7-9H2,2-5H3. The van der Waals surface area contributed by atoms with Gasteiger partial charge in [-0.2, -0.15) is 0 Å². The molecule has 0 bridgehead atoms. The summed E-state index contributed by atoms with van der Waals surface area (Å²) in [6.07, 6.45) is 5.15. The lowest BCUT2D eigenvalue weighted by atomic mass is 10.2. The van der Waals surface area contributed by atoms with Crippen LogP contribution in [0.1, 0.15) is 13.8 Å². The highest BCUT2D eigenvalue weighted by Crippen LogP contribution is 2.01. The number of terminal acetylenes is 1. The van der Waals surface area contributed by atoms with E-state index in [0.717, 1.165) is 13.2 Å². The van der Waals surface area contributed by atoms with E-state index in [4.69, 9.17) is 11.2 Å². The van der Waals surface area contributed by atoms with Crippen LogP contribution in [0.2, 0.25) is 0 Å². The van der Waals surface area contributed by atoms with Gasteiger partial charge in [0.25, 0.3) is 0 Å². The zero-order chi connectivity index (χ0) is 11.0. The maximum atomic E-state index is 5.15. The molecular weight excluding hydrogens is 176 g/mol. The lowest BCUT2D eigenvalue weighted by Gasteiger charge is -2.30. The summed E-state index contributed by atoms with van der Waals surface area (Å²) in [5.74, 6) is 2.56. The van der Waals surface area contributed by atoms with E-state index in [0.29, 0.717) is 18.6 Å². The largest absolute Gasteiger partial charge is 0.383 e. The highest BCUT2D eigenvalue weighted by atomic mass is 16.5. The summed E-state index contributed by atoms with van der Waals surface area (Å²) >= 11 is 0. The second-order valence-corrected chi connectivity index (χ2v) is 3.65. The van der Waals surface area contributed by atoms with Crippen molar-refractivity contribution in [2.24, 2.45) is 0 Å². The van der Waals surface area contributed by atoms with Gasteiger partial charge in [-0.25, -0.2) is 0 Å². The van der Waals surface area contributed by atoms with Gasteiger partial charge in [0.05, 0.1) is 13.2 Å². The molecule has 0 aliphatic carbocycles. The number of nitrogens with zero attached hydrogens (tertiary/aromatic N) is 1. The summed E-state index contributed by atoms with van der Waals surface area (Å²) in [4.78, 5) is 2.28. The zero-order valence-electron chi connectivity index (χ0n) is 9.71. The minimum atomic E-state index is 0.433. The Morgan fingerprint density at radius 2 is 2.07 bits per heavy atom. The van der Waals surface area contributed by atoms with Crippen LogP contribution in [-0.4, -0.2) is 50.8 Å². The fourth-order valence-electron chi connectivity index (χ4n) is 1.29. The average Bonchev–Trinajstić information content (AvgIpc) is 2.17. The van der Waals surface area contributed by atoms with Crippen LogP contribution < -0.4 is 5.32 Å². The van der Waals surface area contributed by atoms with E-state index < -0.39 is 0 Å². The second kappa shape index (κ2) is 7.81. The molecule has 0 aromatic rings. The maximum Gasteiger partial charge on any atom is 0.0615 e. The van der Waals surface area contributed by atoms with Crippen LogP contribution in [0.15, 0.2) is 0 Å². The second-order valence-electron chi connectivity index (χ2n) is 3.65. The number of nitrogens with one attached hydrogen (secondary N) is 1. The van der Waals surface area contributed by atoms with E-state index in [1.165, 1.54) is 0 Å². The van der Waals surface area contributed by atoms with Crippen molar-refractivity contribution in [1.29, 1.82) is 0 Å². The van der Waals surface area contributed by atoms with Gasteiger partial charge in [0.15, 0.2) is 0 Å². The number of rotatable bonds is 7. The van der Waals surface area contributed by atoms with E-state index in [-0.39, 0.29) is 0 Å². The molecule has 14 heavy (non-hydrogen) atoms. The minimum absolute atomic E-state index is 0.433. The van der Waals surface area contributed by atoms with Crippen LogP contribution >= 0.6 is 0 Å². The Morgan fingerprint density at radius 1 is 1.43 bits per heavy atom. The molecule has 0 spiro atoms. The third-order valence-electron chi connectivity index (χ3n) is 2.47. The van der Waals surface area contributed by atoms with Gasteiger partial charge in [0.2, 0.25) is 0 Å². The van der Waals surface area contributed by atoms with Gasteiger partial charge >= 0.3 is 0 Å². The van der Waals surface area contributed by atoms with Crippen molar-refractivity contribution in [3.63, 3.8) is 0 Å². The molecule has 0 fully saturated rings. The molecule has 82 valence electrons. The summed E-state index contributed by atoms with van der Waals surface area (Å²) in [7, 11) is 3.83. The molecule has 0 aliphatic rings. The third-order valence-corrected chi connectivity index (χ3v) is 2.47. The van der Waals surface area contributed by atoms with Crippen LogP contribution in [-0.2, 0) is 4.74 Å². The summed E-state index contributed by atoms with van der Waals surface area (Å²) in [5, 5.41) is 3.19. The summed E-state index contributed by atoms with van der Waals surface area (Å²) in [6.45, 7) is 6.64. The first kappa shape index (κ1) is 13.4. The molecule has 2 atom stereocenters. The zero-order valence-corrected chi connectivity index (χ0v) is 9.71. The Balaban J connectivity index is 3.74. The number of methoxy groups -OCH3 is 1. The predicted molar refractivity (Wildman–Crippen MR) is 60.3 cm³/mol. The van der Waals surface area contributed by atoms with Gasteiger partial charge in [-0.3, -0.25) is 4.90 Å². The Kier molecular flexibility index (Phi) is 7.50. The Morgan fingerprint density at radius 3 is 2.57 bits per heavy atom. The van der Waals surface area contributed by atoms with Crippen molar-refractivity contribution < 1.29 is 4.74 Å². The molecule has 2 unspecified atom stereocenters. The lowest BCUT2D eigenvalue weighted by molar-refractivity contribution is 0.0939. The van der Waals surface area contributed by atoms with Gasteiger partial charge in [-0.1, -0.05) is 5.92 Å². The summed E-state index contributed by atoms with van der Waals surface area (Å²) < 4.78 is 5.11. The smallest absolute Gasteiger partial charge is 0.0615 e. The lowest BCUT2D eigenvalue weighted by Crippen LogP contribution is -2.44. The first-order valence-electron chi connectivity index (χ1n) is 4.98. The Hall–Kier alpha value is -0.560. The van der Waals surface area contributed by atoms with Gasteiger partial charge in [0.1, 0.15) is 0 Å². The molecule has 0 aromatic carbocycles. The van der Waals surface area contributed by atoms with Crippen LogP contribution in [0.25, 0.3) is 0 Å². The van der Waals surface area contributed by atoms with Gasteiger partial charge in [-0.15, -0.1) is 6.42 Å². The van der Waals surface area contributed by atoms with Crippen LogP contribution in [0.3, 0.4) is 0 Å². The topological polar surface area (TPSA) is 24.5 Å². The van der Waals surface area contributed by atoms with E-state index in [1.807, 2.05) is 0 Å². The average molecular weight is 198 g/mol. The highest BCUT2D eigenvalue weighted by molar-refractivity contribution is 4.87. The molecule has 0 rings (SSSR count). The van der Waals surface area contributed by atoms with Crippen molar-refractivity contribution in [3.8, 4) is 12.3 Å². The number of ether oxygens (including phenoxy) is 1. The predicted octanol–water partition coefficient (Wildman–Crippen LogP) is 0.564. The fourth-order valence-corrected chi connectivity index (χ4v) is 1.29. The first-order valence-corrected chi connectivity index (χ1v) is 4.98. The fraction of sp³-hybridized carbons (Fsp3) is 0.818. The number of likely N-dealkylation sites (N-methyl/N-ethyl adjacent to an activating group) is 1. The minimum Gasteiger partial charge on any atom is -0.383 e. The van der Waals surface area contributed by atoms with Gasteiger partial charge in [0, 0.05) is 25.7 Å². The van der Waals surface area contributed by atoms with Crippen LogP contribution in [0, 0.1) is 12.3 Å². The molecule has 3 heteroatoms. The molecule has 0 radical (unpaired) electrons.